The van der Waals surface area contributed by atoms with Gasteiger partial charge in [-0.15, -0.1) is 11.3 Å². The van der Waals surface area contributed by atoms with Gasteiger partial charge in [-0.3, -0.25) is 9.79 Å². The molecule has 2 aromatic rings. The minimum atomic E-state index is -0.102. The summed E-state index contributed by atoms with van der Waals surface area (Å²) >= 11 is 1.52. The Kier molecular flexibility index (Phi) is 7.95. The van der Waals surface area contributed by atoms with Gasteiger partial charge in [0.2, 0.25) is 5.91 Å². The first-order valence-corrected chi connectivity index (χ1v) is 15.4. The number of fused-ring (bicyclic) bond motifs is 5. The molecule has 0 radical (unpaired) electrons. The van der Waals surface area contributed by atoms with Crippen LogP contribution in [0, 0.1) is 30.1 Å². The van der Waals surface area contributed by atoms with Crippen LogP contribution in [0.3, 0.4) is 0 Å². The molecule has 1 aromatic carbocycles. The molecule has 3 aliphatic rings. The van der Waals surface area contributed by atoms with Gasteiger partial charge >= 0.3 is 0 Å². The molecule has 3 unspecified atom stereocenters. The summed E-state index contributed by atoms with van der Waals surface area (Å²) in [7, 11) is 1.74. The van der Waals surface area contributed by atoms with E-state index in [0.29, 0.717) is 54.1 Å². The smallest absolute Gasteiger partial charge is 0.226 e. The second-order valence-corrected chi connectivity index (χ2v) is 14.5. The van der Waals surface area contributed by atoms with E-state index in [1.807, 2.05) is 13.0 Å². The van der Waals surface area contributed by atoms with E-state index in [-0.39, 0.29) is 16.7 Å². The van der Waals surface area contributed by atoms with Crippen LogP contribution in [0.25, 0.3) is 0 Å². The van der Waals surface area contributed by atoms with Crippen molar-refractivity contribution < 1.29 is 14.6 Å². The number of phenolic OH excluding ortho intramolecular Hbond substituents is 1. The summed E-state index contributed by atoms with van der Waals surface area (Å²) in [5.74, 6) is 2.51. The topological polar surface area (TPSA) is 83.8 Å². The van der Waals surface area contributed by atoms with Crippen LogP contribution in [0.15, 0.2) is 23.3 Å². The summed E-state index contributed by atoms with van der Waals surface area (Å²) in [6.07, 6.45) is 8.59. The average Bonchev–Trinajstić information content (AvgIpc) is 3.41. The zero-order chi connectivity index (χ0) is 27.9. The summed E-state index contributed by atoms with van der Waals surface area (Å²) in [5, 5.41) is 14.5. The molecule has 0 aliphatic heterocycles. The lowest BCUT2D eigenvalue weighted by atomic mass is 9.53. The number of rotatable bonds is 7. The van der Waals surface area contributed by atoms with Crippen molar-refractivity contribution in [2.45, 2.75) is 90.9 Å². The van der Waals surface area contributed by atoms with Gasteiger partial charge in [0, 0.05) is 35.7 Å². The summed E-state index contributed by atoms with van der Waals surface area (Å²) in [6.45, 7) is 12.3. The van der Waals surface area contributed by atoms with E-state index in [4.69, 9.17) is 9.73 Å². The highest BCUT2D eigenvalue weighted by atomic mass is 32.1. The van der Waals surface area contributed by atoms with Crippen LogP contribution in [-0.4, -0.2) is 42.0 Å². The molecule has 212 valence electrons. The highest BCUT2D eigenvalue weighted by Crippen LogP contribution is 2.63. The quantitative estimate of drug-likeness (QED) is 0.362. The molecule has 0 saturated heterocycles. The van der Waals surface area contributed by atoms with Gasteiger partial charge in [-0.25, -0.2) is 4.98 Å². The molecule has 1 amide bonds. The lowest BCUT2D eigenvalue weighted by molar-refractivity contribution is -0.116. The zero-order valence-corrected chi connectivity index (χ0v) is 25.3. The number of aliphatic imine (C=N–C) groups is 1. The maximum Gasteiger partial charge on any atom is 0.226 e. The van der Waals surface area contributed by atoms with Crippen molar-refractivity contribution in [2.75, 3.05) is 25.6 Å². The van der Waals surface area contributed by atoms with E-state index >= 15 is 0 Å². The number of aromatic nitrogens is 1. The van der Waals surface area contributed by atoms with E-state index < -0.39 is 0 Å². The van der Waals surface area contributed by atoms with Crippen LogP contribution in [-0.2, 0) is 21.4 Å². The lowest BCUT2D eigenvalue weighted by Crippen LogP contribution is -2.44. The van der Waals surface area contributed by atoms with Crippen LogP contribution in [0.4, 0.5) is 5.13 Å². The molecule has 2 saturated carbocycles. The normalized spacial score (nSPS) is 29.1. The predicted octanol–water partition coefficient (Wildman–Crippen LogP) is 7.04. The minimum Gasteiger partial charge on any atom is -0.508 e. The zero-order valence-electron chi connectivity index (χ0n) is 24.5. The number of nitrogens with one attached hydrogen (secondary N) is 1. The van der Waals surface area contributed by atoms with Crippen LogP contribution in [0.2, 0.25) is 0 Å². The van der Waals surface area contributed by atoms with Crippen molar-refractivity contribution in [3.63, 3.8) is 0 Å². The van der Waals surface area contributed by atoms with E-state index in [1.165, 1.54) is 28.2 Å². The average molecular weight is 552 g/mol. The summed E-state index contributed by atoms with van der Waals surface area (Å²) in [6, 6.07) is 4.37. The molecule has 2 N–H and O–H groups in total. The number of anilines is 1. The van der Waals surface area contributed by atoms with Crippen LogP contribution in [0.1, 0.15) is 93.7 Å². The fourth-order valence-electron chi connectivity index (χ4n) is 7.98. The fourth-order valence-corrected chi connectivity index (χ4v) is 8.66. The number of hydrogen-bond acceptors (Lipinski definition) is 6. The monoisotopic (exact) mass is 551 g/mol. The van der Waals surface area contributed by atoms with Gasteiger partial charge in [0.15, 0.2) is 5.13 Å². The van der Waals surface area contributed by atoms with Crippen molar-refractivity contribution >= 4 is 28.1 Å². The molecule has 6 nitrogen and oxygen atoms in total. The van der Waals surface area contributed by atoms with Crippen molar-refractivity contribution in [3.05, 3.63) is 39.9 Å². The number of carbonyl (C=O) groups excluding carboxylic acids is 1. The maximum atomic E-state index is 12.9. The van der Waals surface area contributed by atoms with E-state index in [1.54, 1.807) is 13.3 Å². The summed E-state index contributed by atoms with van der Waals surface area (Å²) < 4.78 is 5.32. The number of aryl methyl sites for hydroxylation is 2. The number of methoxy groups -OCH3 is 1. The molecule has 7 heteroatoms. The Hall–Kier alpha value is -2.25. The van der Waals surface area contributed by atoms with Crippen molar-refractivity contribution in [1.82, 2.24) is 4.98 Å². The number of hydrogen-bond donors (Lipinski definition) is 2. The number of benzene rings is 1. The highest BCUT2D eigenvalue weighted by Gasteiger charge is 2.57. The van der Waals surface area contributed by atoms with Gasteiger partial charge in [0.25, 0.3) is 0 Å². The third-order valence-electron chi connectivity index (χ3n) is 9.73. The molecule has 1 aromatic heterocycles. The van der Waals surface area contributed by atoms with E-state index in [2.05, 4.69) is 44.1 Å². The van der Waals surface area contributed by atoms with Gasteiger partial charge in [-0.05, 0) is 97.3 Å². The minimum absolute atomic E-state index is 0.0578. The first kappa shape index (κ1) is 28.3. The largest absolute Gasteiger partial charge is 0.508 e. The molecule has 5 atom stereocenters. The van der Waals surface area contributed by atoms with Crippen LogP contribution < -0.4 is 5.32 Å². The van der Waals surface area contributed by atoms with Crippen LogP contribution in [0.5, 0.6) is 5.75 Å². The predicted molar refractivity (Wildman–Crippen MR) is 159 cm³/mol. The number of aromatic hydroxyl groups is 1. The van der Waals surface area contributed by atoms with E-state index in [0.717, 1.165) is 49.0 Å². The number of nitrogens with zero attached hydrogens (tertiary/aromatic N) is 2. The van der Waals surface area contributed by atoms with Gasteiger partial charge in [-0.2, -0.15) is 0 Å². The Morgan fingerprint density at radius 3 is 2.79 bits per heavy atom. The SMILES string of the molecule is COCCN=C1C[C@@H](CCC(=O)Nc2ncc(C)s2)C2C3CCc4cc(O)c(C(C)(C)C)cc4C3CC[C@]12C. The Labute approximate surface area is 237 Å². The molecule has 2 fully saturated rings. The first-order valence-electron chi connectivity index (χ1n) is 14.6. The van der Waals surface area contributed by atoms with Gasteiger partial charge < -0.3 is 15.2 Å². The third-order valence-corrected chi connectivity index (χ3v) is 10.6. The number of carbonyl (C=O) groups is 1. The number of ether oxygens (including phenoxy) is 1. The van der Waals surface area contributed by atoms with Crippen molar-refractivity contribution in [2.24, 2.45) is 28.2 Å². The standard InChI is InChI=1S/C32H45N3O3S/c1-19-18-34-30(39-19)35-28(37)10-8-21-16-27(33-13-14-38-6)32(5)12-11-22-23(29(21)32)9-7-20-15-26(36)25(17-24(20)22)31(2,3)4/h15,17-18,21-23,29,36H,7-14,16H2,1-6H3,(H,34,35,37)/t21-,22?,23?,29?,32-/m1/s1. The molecule has 5 rings (SSSR count). The molecule has 1 heterocycles. The Morgan fingerprint density at radius 2 is 2.10 bits per heavy atom. The van der Waals surface area contributed by atoms with Crippen LogP contribution >= 0.6 is 11.3 Å². The second-order valence-electron chi connectivity index (χ2n) is 13.3. The number of thiazole rings is 1. The van der Waals surface area contributed by atoms with Crippen molar-refractivity contribution in [1.29, 1.82) is 0 Å². The Morgan fingerprint density at radius 1 is 1.31 bits per heavy atom. The molecule has 39 heavy (non-hydrogen) atoms. The van der Waals surface area contributed by atoms with Gasteiger partial charge in [0.1, 0.15) is 5.75 Å². The van der Waals surface area contributed by atoms with Crippen molar-refractivity contribution in [3.8, 4) is 5.75 Å². The highest BCUT2D eigenvalue weighted by molar-refractivity contribution is 7.15. The van der Waals surface area contributed by atoms with Gasteiger partial charge in [0.05, 0.1) is 13.2 Å². The second kappa shape index (κ2) is 11.0. The Bertz CT molecular complexity index is 1250. The number of phenols is 1. The summed E-state index contributed by atoms with van der Waals surface area (Å²) in [4.78, 5) is 23.4. The first-order chi connectivity index (χ1) is 18.5. The third kappa shape index (κ3) is 5.54. The summed E-state index contributed by atoms with van der Waals surface area (Å²) in [5.41, 5.74) is 5.15. The molecular formula is C32H45N3O3S. The molecular weight excluding hydrogens is 506 g/mol. The lowest BCUT2D eigenvalue weighted by Gasteiger charge is -2.51. The maximum absolute atomic E-state index is 12.9. The molecule has 0 spiro atoms. The Balaban J connectivity index is 1.42. The van der Waals surface area contributed by atoms with Gasteiger partial charge in [-0.1, -0.05) is 33.8 Å². The number of amides is 1. The van der Waals surface area contributed by atoms with E-state index in [9.17, 15) is 9.90 Å². The molecule has 0 bridgehead atoms. The fraction of sp³-hybridized carbons (Fsp3) is 0.656. The molecule has 3 aliphatic carbocycles.